The van der Waals surface area contributed by atoms with Gasteiger partial charge in [0.15, 0.2) is 0 Å². The number of nitrogens with zero attached hydrogens (tertiary/aromatic N) is 2. The highest BCUT2D eigenvalue weighted by Crippen LogP contribution is 2.31. The number of benzene rings is 3. The fourth-order valence-corrected chi connectivity index (χ4v) is 6.98. The quantitative estimate of drug-likeness (QED) is 0.289. The first-order valence-corrected chi connectivity index (χ1v) is 15.9. The van der Waals surface area contributed by atoms with Gasteiger partial charge in [-0.05, 0) is 68.7 Å². The zero-order valence-corrected chi connectivity index (χ0v) is 25.7. The third kappa shape index (κ3) is 7.25. The van der Waals surface area contributed by atoms with E-state index in [0.717, 1.165) is 45.6 Å². The minimum atomic E-state index is -4.17. The molecule has 0 aliphatic heterocycles. The van der Waals surface area contributed by atoms with E-state index in [1.54, 1.807) is 43.3 Å². The van der Waals surface area contributed by atoms with Crippen LogP contribution in [0.5, 0.6) is 0 Å². The molecule has 3 aromatic rings. The molecule has 0 saturated heterocycles. The van der Waals surface area contributed by atoms with E-state index in [9.17, 15) is 18.0 Å². The van der Waals surface area contributed by atoms with Gasteiger partial charge in [-0.1, -0.05) is 82.3 Å². The summed E-state index contributed by atoms with van der Waals surface area (Å²) in [6, 6.07) is 19.6. The standard InChI is InChI=1S/C30H33BrClN3O4S/c1-21-14-16-26(17-15-21)40(38,39)35(28-13-6-5-12-27(28)32)20-29(36)34(19-23-8-7-9-24(31)18-23)22(2)30(37)33-25-10-3-4-11-25/h5-9,12-18,22,25H,3-4,10-11,19-20H2,1-2H3,(H,33,37)/t22-/m0/s1. The first kappa shape index (κ1) is 30.1. The predicted molar refractivity (Wildman–Crippen MR) is 162 cm³/mol. The molecule has 1 saturated carbocycles. The summed E-state index contributed by atoms with van der Waals surface area (Å²) in [5, 5.41) is 3.26. The normalized spacial score (nSPS) is 14.5. The lowest BCUT2D eigenvalue weighted by Gasteiger charge is -2.32. The Bertz CT molecular complexity index is 1460. The number of para-hydroxylation sites is 1. The average Bonchev–Trinajstić information content (AvgIpc) is 3.43. The van der Waals surface area contributed by atoms with Crippen LogP contribution in [0.3, 0.4) is 0 Å². The van der Waals surface area contributed by atoms with Crippen LogP contribution in [0.1, 0.15) is 43.7 Å². The highest BCUT2D eigenvalue weighted by atomic mass is 79.9. The molecule has 7 nitrogen and oxygen atoms in total. The highest BCUT2D eigenvalue weighted by Gasteiger charge is 2.34. The lowest BCUT2D eigenvalue weighted by atomic mass is 10.1. The molecule has 1 atom stereocenters. The third-order valence-electron chi connectivity index (χ3n) is 7.12. The minimum Gasteiger partial charge on any atom is -0.352 e. The number of nitrogens with one attached hydrogen (secondary N) is 1. The van der Waals surface area contributed by atoms with Gasteiger partial charge >= 0.3 is 0 Å². The lowest BCUT2D eigenvalue weighted by Crippen LogP contribution is -2.52. The SMILES string of the molecule is Cc1ccc(S(=O)(=O)N(CC(=O)N(Cc2cccc(Br)c2)[C@@H](C)C(=O)NC2CCCC2)c2ccccc2Cl)cc1. The number of carbonyl (C=O) groups is 2. The molecule has 10 heteroatoms. The Morgan fingerprint density at radius 3 is 2.35 bits per heavy atom. The molecule has 0 bridgehead atoms. The molecule has 4 rings (SSSR count). The van der Waals surface area contributed by atoms with Gasteiger partial charge in [-0.3, -0.25) is 13.9 Å². The molecule has 212 valence electrons. The van der Waals surface area contributed by atoms with Crippen molar-refractivity contribution in [2.24, 2.45) is 0 Å². The van der Waals surface area contributed by atoms with E-state index < -0.39 is 28.5 Å². The average molecular weight is 647 g/mol. The van der Waals surface area contributed by atoms with E-state index in [1.807, 2.05) is 31.2 Å². The van der Waals surface area contributed by atoms with E-state index in [-0.39, 0.29) is 34.1 Å². The third-order valence-corrected chi connectivity index (χ3v) is 9.71. The van der Waals surface area contributed by atoms with Crippen molar-refractivity contribution in [3.05, 3.63) is 93.4 Å². The van der Waals surface area contributed by atoms with Crippen molar-refractivity contribution in [3.63, 3.8) is 0 Å². The summed E-state index contributed by atoms with van der Waals surface area (Å²) in [5.74, 6) is -0.786. The Morgan fingerprint density at radius 2 is 1.70 bits per heavy atom. The molecule has 1 fully saturated rings. The topological polar surface area (TPSA) is 86.8 Å². The van der Waals surface area contributed by atoms with E-state index in [1.165, 1.54) is 17.0 Å². The number of halogens is 2. The van der Waals surface area contributed by atoms with Gasteiger partial charge in [-0.2, -0.15) is 0 Å². The molecule has 0 heterocycles. The fraction of sp³-hybridized carbons (Fsp3) is 0.333. The van der Waals surface area contributed by atoms with Gasteiger partial charge in [-0.15, -0.1) is 0 Å². The van der Waals surface area contributed by atoms with Crippen LogP contribution in [0.25, 0.3) is 0 Å². The van der Waals surface area contributed by atoms with E-state index >= 15 is 0 Å². The summed E-state index contributed by atoms with van der Waals surface area (Å²) >= 11 is 9.92. The Balaban J connectivity index is 1.69. The molecular weight excluding hydrogens is 614 g/mol. The molecule has 0 aromatic heterocycles. The molecule has 0 spiro atoms. The molecule has 1 aliphatic rings. The second kappa shape index (κ2) is 13.2. The summed E-state index contributed by atoms with van der Waals surface area (Å²) in [6.07, 6.45) is 3.94. The van der Waals surface area contributed by atoms with Crippen molar-refractivity contribution in [2.45, 2.75) is 63.1 Å². The van der Waals surface area contributed by atoms with Crippen LogP contribution in [-0.2, 0) is 26.2 Å². The number of carbonyl (C=O) groups excluding carboxylic acids is 2. The molecule has 1 N–H and O–H groups in total. The molecule has 0 radical (unpaired) electrons. The predicted octanol–water partition coefficient (Wildman–Crippen LogP) is 6.08. The van der Waals surface area contributed by atoms with Crippen molar-refractivity contribution >= 4 is 55.1 Å². The molecule has 3 aromatic carbocycles. The van der Waals surface area contributed by atoms with Crippen LogP contribution in [0.15, 0.2) is 82.2 Å². The van der Waals surface area contributed by atoms with Gasteiger partial charge in [0.25, 0.3) is 10.0 Å². The first-order valence-electron chi connectivity index (χ1n) is 13.2. The molecule has 2 amide bonds. The Kier molecular flexibility index (Phi) is 9.92. The second-order valence-electron chi connectivity index (χ2n) is 10.1. The van der Waals surface area contributed by atoms with Gasteiger partial charge in [0.2, 0.25) is 11.8 Å². The Labute approximate surface area is 249 Å². The second-order valence-corrected chi connectivity index (χ2v) is 13.3. The summed E-state index contributed by atoms with van der Waals surface area (Å²) in [5.41, 5.74) is 1.89. The van der Waals surface area contributed by atoms with Crippen molar-refractivity contribution in [2.75, 3.05) is 10.8 Å². The van der Waals surface area contributed by atoms with Gasteiger partial charge in [-0.25, -0.2) is 8.42 Å². The number of aryl methyl sites for hydroxylation is 1. The maximum Gasteiger partial charge on any atom is 0.264 e. The van der Waals surface area contributed by atoms with E-state index in [4.69, 9.17) is 11.6 Å². The maximum atomic E-state index is 14.0. The van der Waals surface area contributed by atoms with Crippen LogP contribution in [0.4, 0.5) is 5.69 Å². The number of hydrogen-bond donors (Lipinski definition) is 1. The summed E-state index contributed by atoms with van der Waals surface area (Å²) < 4.78 is 29.7. The first-order chi connectivity index (χ1) is 19.1. The smallest absolute Gasteiger partial charge is 0.264 e. The van der Waals surface area contributed by atoms with Gasteiger partial charge in [0, 0.05) is 17.1 Å². The summed E-state index contributed by atoms with van der Waals surface area (Å²) in [4.78, 5) is 28.8. The minimum absolute atomic E-state index is 0.0383. The number of hydrogen-bond acceptors (Lipinski definition) is 4. The van der Waals surface area contributed by atoms with Crippen LogP contribution < -0.4 is 9.62 Å². The molecule has 0 unspecified atom stereocenters. The van der Waals surface area contributed by atoms with Crippen molar-refractivity contribution in [1.82, 2.24) is 10.2 Å². The van der Waals surface area contributed by atoms with Crippen molar-refractivity contribution in [3.8, 4) is 0 Å². The zero-order chi connectivity index (χ0) is 28.9. The van der Waals surface area contributed by atoms with Crippen LogP contribution >= 0.6 is 27.5 Å². The van der Waals surface area contributed by atoms with Crippen LogP contribution in [0.2, 0.25) is 5.02 Å². The Morgan fingerprint density at radius 1 is 1.02 bits per heavy atom. The van der Waals surface area contributed by atoms with Gasteiger partial charge < -0.3 is 10.2 Å². The van der Waals surface area contributed by atoms with Crippen molar-refractivity contribution < 1.29 is 18.0 Å². The number of rotatable bonds is 10. The monoisotopic (exact) mass is 645 g/mol. The highest BCUT2D eigenvalue weighted by molar-refractivity contribution is 9.10. The summed E-state index contributed by atoms with van der Waals surface area (Å²) in [7, 11) is -4.17. The fourth-order valence-electron chi connectivity index (χ4n) is 4.81. The summed E-state index contributed by atoms with van der Waals surface area (Å²) in [6.45, 7) is 3.13. The number of anilines is 1. The lowest BCUT2D eigenvalue weighted by molar-refractivity contribution is -0.139. The van der Waals surface area contributed by atoms with Gasteiger partial charge in [0.05, 0.1) is 15.6 Å². The number of amides is 2. The van der Waals surface area contributed by atoms with E-state index in [2.05, 4.69) is 21.2 Å². The largest absolute Gasteiger partial charge is 0.352 e. The van der Waals surface area contributed by atoms with Crippen molar-refractivity contribution in [1.29, 1.82) is 0 Å². The van der Waals surface area contributed by atoms with Crippen LogP contribution in [-0.4, -0.2) is 43.8 Å². The molecule has 1 aliphatic carbocycles. The molecular formula is C30H33BrClN3O4S. The van der Waals surface area contributed by atoms with Crippen LogP contribution in [0, 0.1) is 6.92 Å². The zero-order valence-electron chi connectivity index (χ0n) is 22.5. The van der Waals surface area contributed by atoms with Gasteiger partial charge in [0.1, 0.15) is 12.6 Å². The Hall–Kier alpha value is -2.88. The van der Waals surface area contributed by atoms with E-state index in [0.29, 0.717) is 0 Å². The number of sulfonamides is 1. The molecule has 40 heavy (non-hydrogen) atoms. The maximum absolute atomic E-state index is 14.0.